The zero-order valence-corrected chi connectivity index (χ0v) is 12.1. The molecule has 1 atom stereocenters. The second-order valence-electron chi connectivity index (χ2n) is 4.29. The van der Waals surface area contributed by atoms with E-state index in [9.17, 15) is 21.6 Å². The van der Waals surface area contributed by atoms with Crippen molar-refractivity contribution in [2.24, 2.45) is 0 Å². The first-order valence-electron chi connectivity index (χ1n) is 5.84. The lowest BCUT2D eigenvalue weighted by Crippen LogP contribution is -2.23. The summed E-state index contributed by atoms with van der Waals surface area (Å²) >= 11 is 6.22. The normalized spacial score (nSPS) is 13.9. The molecule has 0 amide bonds. The van der Waals surface area contributed by atoms with Gasteiger partial charge in [0.05, 0.1) is 10.3 Å². The summed E-state index contributed by atoms with van der Waals surface area (Å²) in [6, 6.07) is 13.3. The Morgan fingerprint density at radius 3 is 1.81 bits per heavy atom. The van der Waals surface area contributed by atoms with E-state index in [0.717, 1.165) is 17.7 Å². The van der Waals surface area contributed by atoms with Crippen LogP contribution in [0.1, 0.15) is 16.5 Å². The SMILES string of the molecule is O=S(=O)(c1ccc(C(Cl)c2ccccc2)cc1)C(F)(F)F. The molecule has 0 spiro atoms. The summed E-state index contributed by atoms with van der Waals surface area (Å²) < 4.78 is 59.8. The molecule has 0 aromatic heterocycles. The van der Waals surface area contributed by atoms with E-state index in [1.54, 1.807) is 24.3 Å². The molecule has 0 aliphatic rings. The van der Waals surface area contributed by atoms with E-state index in [4.69, 9.17) is 11.6 Å². The molecule has 2 rings (SSSR count). The Labute approximate surface area is 125 Å². The number of hydrogen-bond acceptors (Lipinski definition) is 2. The van der Waals surface area contributed by atoms with Crippen molar-refractivity contribution in [3.63, 3.8) is 0 Å². The number of alkyl halides is 4. The fourth-order valence-corrected chi connectivity index (χ4v) is 2.82. The van der Waals surface area contributed by atoms with Gasteiger partial charge in [0.2, 0.25) is 0 Å². The van der Waals surface area contributed by atoms with Gasteiger partial charge in [-0.15, -0.1) is 11.6 Å². The molecule has 0 saturated heterocycles. The van der Waals surface area contributed by atoms with Gasteiger partial charge in [-0.3, -0.25) is 0 Å². The molecular formula is C14H10ClF3O2S. The lowest BCUT2D eigenvalue weighted by atomic mass is 10.0. The third kappa shape index (κ3) is 3.22. The number of hydrogen-bond donors (Lipinski definition) is 0. The zero-order valence-electron chi connectivity index (χ0n) is 10.5. The Morgan fingerprint density at radius 2 is 1.33 bits per heavy atom. The van der Waals surface area contributed by atoms with Crippen LogP contribution in [0.3, 0.4) is 0 Å². The molecular weight excluding hydrogens is 325 g/mol. The maximum atomic E-state index is 12.4. The molecule has 2 aromatic carbocycles. The average Bonchev–Trinajstić information content (AvgIpc) is 2.46. The predicted molar refractivity (Wildman–Crippen MR) is 73.8 cm³/mol. The van der Waals surface area contributed by atoms with E-state index in [-0.39, 0.29) is 0 Å². The van der Waals surface area contributed by atoms with Crippen molar-refractivity contribution in [3.05, 3.63) is 65.7 Å². The third-order valence-corrected chi connectivity index (χ3v) is 4.89. The quantitative estimate of drug-likeness (QED) is 0.784. The smallest absolute Gasteiger partial charge is 0.214 e. The standard InChI is InChI=1S/C14H10ClF3O2S/c15-13(10-4-2-1-3-5-10)11-6-8-12(9-7-11)21(19,20)14(16,17)18/h1-9,13H. The largest absolute Gasteiger partial charge is 0.501 e. The fraction of sp³-hybridized carbons (Fsp3) is 0.143. The Morgan fingerprint density at radius 1 is 0.857 bits per heavy atom. The maximum Gasteiger partial charge on any atom is 0.501 e. The second-order valence-corrected chi connectivity index (χ2v) is 6.67. The third-order valence-electron chi connectivity index (χ3n) is 2.88. The molecule has 1 unspecified atom stereocenters. The highest BCUT2D eigenvalue weighted by atomic mass is 35.5. The van der Waals surface area contributed by atoms with E-state index in [1.165, 1.54) is 12.1 Å². The van der Waals surface area contributed by atoms with Crippen LogP contribution < -0.4 is 0 Å². The molecule has 2 nitrogen and oxygen atoms in total. The zero-order chi connectivity index (χ0) is 15.7. The van der Waals surface area contributed by atoms with E-state index in [0.29, 0.717) is 5.56 Å². The topological polar surface area (TPSA) is 34.1 Å². The molecule has 7 heteroatoms. The lowest BCUT2D eigenvalue weighted by Gasteiger charge is -2.12. The Balaban J connectivity index is 2.32. The summed E-state index contributed by atoms with van der Waals surface area (Å²) in [5, 5.41) is -0.561. The summed E-state index contributed by atoms with van der Waals surface area (Å²) in [6.07, 6.45) is 0. The van der Waals surface area contributed by atoms with Gasteiger partial charge in [-0.05, 0) is 23.3 Å². The number of sulfone groups is 1. The first-order valence-corrected chi connectivity index (χ1v) is 7.76. The van der Waals surface area contributed by atoms with Crippen LogP contribution >= 0.6 is 11.6 Å². The monoisotopic (exact) mass is 334 g/mol. The van der Waals surface area contributed by atoms with Crippen LogP contribution in [0.15, 0.2) is 59.5 Å². The molecule has 0 fully saturated rings. The van der Waals surface area contributed by atoms with Crippen molar-refractivity contribution in [2.45, 2.75) is 15.8 Å². The average molecular weight is 335 g/mol. The number of rotatable bonds is 3. The summed E-state index contributed by atoms with van der Waals surface area (Å²) in [4.78, 5) is -0.796. The summed E-state index contributed by atoms with van der Waals surface area (Å²) in [7, 11) is -5.33. The van der Waals surface area contributed by atoms with Gasteiger partial charge in [-0.2, -0.15) is 13.2 Å². The van der Waals surface area contributed by atoms with Gasteiger partial charge in [0.15, 0.2) is 0 Å². The molecule has 2 aromatic rings. The minimum Gasteiger partial charge on any atom is -0.214 e. The van der Waals surface area contributed by atoms with Crippen molar-refractivity contribution in [2.75, 3.05) is 0 Å². The van der Waals surface area contributed by atoms with Gasteiger partial charge in [0.1, 0.15) is 0 Å². The van der Waals surface area contributed by atoms with Gasteiger partial charge in [-0.25, -0.2) is 8.42 Å². The molecule has 0 bridgehead atoms. The fourth-order valence-electron chi connectivity index (χ4n) is 1.76. The first kappa shape index (κ1) is 15.9. The van der Waals surface area contributed by atoms with Crippen molar-refractivity contribution < 1.29 is 21.6 Å². The summed E-state index contributed by atoms with van der Waals surface area (Å²) in [5.74, 6) is 0. The van der Waals surface area contributed by atoms with Gasteiger partial charge < -0.3 is 0 Å². The van der Waals surface area contributed by atoms with Crippen molar-refractivity contribution in [1.29, 1.82) is 0 Å². The van der Waals surface area contributed by atoms with Gasteiger partial charge in [0, 0.05) is 0 Å². The van der Waals surface area contributed by atoms with Crippen molar-refractivity contribution in [3.8, 4) is 0 Å². The summed E-state index contributed by atoms with van der Waals surface area (Å²) in [5.41, 5.74) is -4.02. The Bertz CT molecular complexity index is 710. The van der Waals surface area contributed by atoms with E-state index in [2.05, 4.69) is 0 Å². The molecule has 0 radical (unpaired) electrons. The first-order chi connectivity index (χ1) is 9.73. The molecule has 0 aliphatic heterocycles. The Hall–Kier alpha value is -1.53. The second kappa shape index (κ2) is 5.69. The highest BCUT2D eigenvalue weighted by Crippen LogP contribution is 2.33. The van der Waals surface area contributed by atoms with Crippen LogP contribution in [0.25, 0.3) is 0 Å². The van der Waals surface area contributed by atoms with Gasteiger partial charge in [-0.1, -0.05) is 42.5 Å². The minimum absolute atomic E-state index is 0.518. The van der Waals surface area contributed by atoms with Gasteiger partial charge in [0.25, 0.3) is 9.84 Å². The number of benzene rings is 2. The molecule has 21 heavy (non-hydrogen) atoms. The number of halogens is 4. The van der Waals surface area contributed by atoms with Crippen LogP contribution in [0.2, 0.25) is 0 Å². The van der Waals surface area contributed by atoms with E-state index in [1.807, 2.05) is 6.07 Å². The van der Waals surface area contributed by atoms with Crippen LogP contribution in [0.4, 0.5) is 13.2 Å². The van der Waals surface area contributed by atoms with Crippen LogP contribution in [0.5, 0.6) is 0 Å². The van der Waals surface area contributed by atoms with E-state index >= 15 is 0 Å². The Kier molecular flexibility index (Phi) is 4.30. The van der Waals surface area contributed by atoms with E-state index < -0.39 is 25.6 Å². The highest BCUT2D eigenvalue weighted by molar-refractivity contribution is 7.92. The van der Waals surface area contributed by atoms with Crippen LogP contribution in [-0.2, 0) is 9.84 Å². The minimum atomic E-state index is -5.33. The molecule has 112 valence electrons. The lowest BCUT2D eigenvalue weighted by molar-refractivity contribution is -0.0436. The van der Waals surface area contributed by atoms with Crippen molar-refractivity contribution in [1.82, 2.24) is 0 Å². The van der Waals surface area contributed by atoms with Crippen molar-refractivity contribution >= 4 is 21.4 Å². The molecule has 0 saturated carbocycles. The molecule has 0 N–H and O–H groups in total. The maximum absolute atomic E-state index is 12.4. The summed E-state index contributed by atoms with van der Waals surface area (Å²) in [6.45, 7) is 0. The van der Waals surface area contributed by atoms with Gasteiger partial charge >= 0.3 is 5.51 Å². The molecule has 0 heterocycles. The predicted octanol–water partition coefficient (Wildman–Crippen LogP) is 4.31. The van der Waals surface area contributed by atoms with Crippen LogP contribution in [-0.4, -0.2) is 13.9 Å². The molecule has 0 aliphatic carbocycles. The highest BCUT2D eigenvalue weighted by Gasteiger charge is 2.46. The van der Waals surface area contributed by atoms with Crippen LogP contribution in [0, 0.1) is 0 Å².